The van der Waals surface area contributed by atoms with Crippen molar-refractivity contribution in [2.75, 3.05) is 7.05 Å². The highest BCUT2D eigenvalue weighted by Gasteiger charge is 2.44. The van der Waals surface area contributed by atoms with E-state index in [1.165, 1.54) is 6.92 Å². The first-order chi connectivity index (χ1) is 11.4. The summed E-state index contributed by atoms with van der Waals surface area (Å²) in [6.45, 7) is 3.05. The second-order valence-corrected chi connectivity index (χ2v) is 5.68. The van der Waals surface area contributed by atoms with Crippen LogP contribution in [0, 0.1) is 0 Å². The van der Waals surface area contributed by atoms with Crippen LogP contribution < -0.4 is 10.1 Å². The normalized spacial score (nSPS) is 30.1. The standard InChI is InChI=1S/C17H23N2O5/c1-10-14(19-11(2)20)15(21)16(22)17(23-10)24-13-6-4-12(5-7-13)8-9-18-3/h4-10,14-17,21-22H,1-3H3,(H,19,20)/q-1/b9-8+/t10-,14+,15+,16-,17+/m0/s1. The van der Waals surface area contributed by atoms with Gasteiger partial charge in [-0.2, -0.15) is 6.20 Å². The van der Waals surface area contributed by atoms with Crippen molar-refractivity contribution in [3.05, 3.63) is 41.3 Å². The number of nitrogens with one attached hydrogen (secondary N) is 1. The second kappa shape index (κ2) is 8.14. The van der Waals surface area contributed by atoms with Crippen LogP contribution in [0.5, 0.6) is 5.75 Å². The largest absolute Gasteiger partial charge is 0.693 e. The number of nitrogens with zero attached hydrogens (tertiary/aromatic N) is 1. The molecule has 1 saturated heterocycles. The van der Waals surface area contributed by atoms with E-state index in [4.69, 9.17) is 9.47 Å². The van der Waals surface area contributed by atoms with Gasteiger partial charge in [-0.25, -0.2) is 0 Å². The molecule has 5 atom stereocenters. The number of rotatable bonds is 5. The molecule has 0 bridgehead atoms. The van der Waals surface area contributed by atoms with E-state index in [-0.39, 0.29) is 5.91 Å². The van der Waals surface area contributed by atoms with Gasteiger partial charge in [0.25, 0.3) is 0 Å². The molecule has 132 valence electrons. The fourth-order valence-electron chi connectivity index (χ4n) is 2.51. The first-order valence-corrected chi connectivity index (χ1v) is 7.73. The van der Waals surface area contributed by atoms with E-state index in [9.17, 15) is 15.0 Å². The molecule has 24 heavy (non-hydrogen) atoms. The second-order valence-electron chi connectivity index (χ2n) is 5.68. The molecule has 0 aromatic heterocycles. The Labute approximate surface area is 141 Å². The van der Waals surface area contributed by atoms with Gasteiger partial charge in [0, 0.05) is 6.92 Å². The molecule has 0 aliphatic carbocycles. The first kappa shape index (κ1) is 18.3. The average Bonchev–Trinajstić information content (AvgIpc) is 2.55. The maximum absolute atomic E-state index is 11.2. The molecule has 0 unspecified atom stereocenters. The van der Waals surface area contributed by atoms with Gasteiger partial charge < -0.3 is 30.3 Å². The third-order valence-electron chi connectivity index (χ3n) is 3.77. The van der Waals surface area contributed by atoms with Crippen LogP contribution in [-0.4, -0.2) is 53.8 Å². The summed E-state index contributed by atoms with van der Waals surface area (Å²) in [6.07, 6.45) is -0.464. The van der Waals surface area contributed by atoms with Gasteiger partial charge in [-0.15, -0.1) is 7.05 Å². The van der Waals surface area contributed by atoms with Crippen molar-refractivity contribution in [2.24, 2.45) is 0 Å². The van der Waals surface area contributed by atoms with Crippen LogP contribution >= 0.6 is 0 Å². The quantitative estimate of drug-likeness (QED) is 0.745. The fraction of sp³-hybridized carbons (Fsp3) is 0.471. The van der Waals surface area contributed by atoms with E-state index in [1.54, 1.807) is 32.3 Å². The molecule has 1 heterocycles. The lowest BCUT2D eigenvalue weighted by atomic mass is 9.97. The number of hydrogen-bond acceptors (Lipinski definition) is 5. The molecule has 1 aromatic rings. The zero-order valence-electron chi connectivity index (χ0n) is 13.9. The van der Waals surface area contributed by atoms with Crippen molar-refractivity contribution in [1.82, 2.24) is 5.32 Å². The van der Waals surface area contributed by atoms with E-state index < -0.39 is 30.6 Å². The maximum atomic E-state index is 11.2. The highest BCUT2D eigenvalue weighted by Crippen LogP contribution is 2.24. The number of benzene rings is 1. The van der Waals surface area contributed by atoms with E-state index in [0.29, 0.717) is 5.75 Å². The minimum Gasteiger partial charge on any atom is -0.693 e. The summed E-state index contributed by atoms with van der Waals surface area (Å²) < 4.78 is 11.2. The Morgan fingerprint density at radius 3 is 2.54 bits per heavy atom. The lowest BCUT2D eigenvalue weighted by molar-refractivity contribution is -0.242. The lowest BCUT2D eigenvalue weighted by Crippen LogP contribution is -2.63. The molecular weight excluding hydrogens is 312 g/mol. The molecule has 0 spiro atoms. The van der Waals surface area contributed by atoms with Gasteiger partial charge in [0.1, 0.15) is 18.0 Å². The first-order valence-electron chi connectivity index (χ1n) is 7.73. The van der Waals surface area contributed by atoms with Crippen molar-refractivity contribution < 1.29 is 24.5 Å². The number of carbonyl (C=O) groups is 1. The van der Waals surface area contributed by atoms with Crippen LogP contribution in [0.15, 0.2) is 30.5 Å². The Morgan fingerprint density at radius 1 is 1.29 bits per heavy atom. The molecule has 1 aliphatic rings. The van der Waals surface area contributed by atoms with Crippen molar-refractivity contribution in [2.45, 2.75) is 44.5 Å². The summed E-state index contributed by atoms with van der Waals surface area (Å²) in [6, 6.07) is 6.46. The van der Waals surface area contributed by atoms with Gasteiger partial charge in [0.15, 0.2) is 0 Å². The summed E-state index contributed by atoms with van der Waals surface area (Å²) in [5.74, 6) is 0.200. The number of amides is 1. The van der Waals surface area contributed by atoms with Gasteiger partial charge >= 0.3 is 0 Å². The minimum absolute atomic E-state index is 0.302. The third-order valence-corrected chi connectivity index (χ3v) is 3.77. The van der Waals surface area contributed by atoms with Crippen molar-refractivity contribution in [3.8, 4) is 5.75 Å². The Balaban J connectivity index is 2.02. The molecule has 1 aromatic carbocycles. The fourth-order valence-corrected chi connectivity index (χ4v) is 2.51. The average molecular weight is 335 g/mol. The number of hydrogen-bond donors (Lipinski definition) is 3. The molecule has 7 nitrogen and oxygen atoms in total. The molecule has 7 heteroatoms. The molecule has 1 fully saturated rings. The Bertz CT molecular complexity index is 575. The number of aliphatic hydroxyl groups is 2. The highest BCUT2D eigenvalue weighted by atomic mass is 16.7. The lowest BCUT2D eigenvalue weighted by Gasteiger charge is -2.41. The smallest absolute Gasteiger partial charge is 0.229 e. The minimum atomic E-state index is -1.28. The van der Waals surface area contributed by atoms with Crippen LogP contribution in [-0.2, 0) is 9.53 Å². The van der Waals surface area contributed by atoms with Gasteiger partial charge in [-0.1, -0.05) is 18.2 Å². The van der Waals surface area contributed by atoms with Crippen LogP contribution in [0.2, 0.25) is 0 Å². The van der Waals surface area contributed by atoms with Crippen LogP contribution in [0.25, 0.3) is 11.4 Å². The Morgan fingerprint density at radius 2 is 1.96 bits per heavy atom. The van der Waals surface area contributed by atoms with Gasteiger partial charge in [-0.3, -0.25) is 4.79 Å². The molecule has 2 rings (SSSR count). The van der Waals surface area contributed by atoms with Gasteiger partial charge in [-0.05, 0) is 24.6 Å². The molecule has 0 saturated carbocycles. The van der Waals surface area contributed by atoms with Crippen LogP contribution in [0.1, 0.15) is 19.4 Å². The van der Waals surface area contributed by atoms with Crippen LogP contribution in [0.3, 0.4) is 0 Å². The molecule has 1 aliphatic heterocycles. The zero-order chi connectivity index (χ0) is 17.7. The Kier molecular flexibility index (Phi) is 6.19. The number of ether oxygens (including phenoxy) is 2. The molecule has 1 amide bonds. The number of carbonyl (C=O) groups excluding carboxylic acids is 1. The summed E-state index contributed by atoms with van der Waals surface area (Å²) in [5, 5.41) is 26.9. The highest BCUT2D eigenvalue weighted by molar-refractivity contribution is 5.73. The topological polar surface area (TPSA) is 102 Å². The van der Waals surface area contributed by atoms with Crippen molar-refractivity contribution in [3.63, 3.8) is 0 Å². The molecular formula is C17H23N2O5-. The van der Waals surface area contributed by atoms with Crippen molar-refractivity contribution >= 4 is 12.0 Å². The van der Waals surface area contributed by atoms with E-state index in [1.807, 2.05) is 18.2 Å². The zero-order valence-corrected chi connectivity index (χ0v) is 13.9. The Hall–Kier alpha value is -2.09. The van der Waals surface area contributed by atoms with Crippen molar-refractivity contribution in [1.29, 1.82) is 0 Å². The molecule has 0 radical (unpaired) electrons. The monoisotopic (exact) mass is 335 g/mol. The predicted octanol–water partition coefficient (Wildman–Crippen LogP) is 1.01. The SMILES string of the molecule is C[N-]/C=C/c1ccc(O[C@H]2O[C@@H](C)[C@@H](NC(C)=O)[C@@H](O)[C@@H]2O)cc1. The van der Waals surface area contributed by atoms with Crippen LogP contribution in [0.4, 0.5) is 0 Å². The summed E-state index contributed by atoms with van der Waals surface area (Å²) in [4.78, 5) is 11.2. The molecule has 3 N–H and O–H groups in total. The van der Waals surface area contributed by atoms with E-state index in [0.717, 1.165) is 5.56 Å². The van der Waals surface area contributed by atoms with Gasteiger partial charge in [0.05, 0.1) is 12.1 Å². The predicted molar refractivity (Wildman–Crippen MR) is 89.3 cm³/mol. The van der Waals surface area contributed by atoms with E-state index in [2.05, 4.69) is 10.6 Å². The van der Waals surface area contributed by atoms with E-state index >= 15 is 0 Å². The third kappa shape index (κ3) is 4.47. The summed E-state index contributed by atoms with van der Waals surface area (Å²) in [5.41, 5.74) is 0.956. The van der Waals surface area contributed by atoms with Gasteiger partial charge in [0.2, 0.25) is 12.2 Å². The maximum Gasteiger partial charge on any atom is 0.229 e. The number of aliphatic hydroxyl groups excluding tert-OH is 2. The summed E-state index contributed by atoms with van der Waals surface area (Å²) >= 11 is 0. The summed E-state index contributed by atoms with van der Waals surface area (Å²) in [7, 11) is 1.69.